The summed E-state index contributed by atoms with van der Waals surface area (Å²) in [4.78, 5) is 0. The van der Waals surface area contributed by atoms with Crippen LogP contribution in [0.2, 0.25) is 13.1 Å². The predicted molar refractivity (Wildman–Crippen MR) is 43.9 cm³/mol. The third-order valence-electron chi connectivity index (χ3n) is 0.329. The summed E-state index contributed by atoms with van der Waals surface area (Å²) in [5.41, 5.74) is 0. The van der Waals surface area contributed by atoms with E-state index in [1.807, 2.05) is 19.1 Å². The van der Waals surface area contributed by atoms with Crippen molar-refractivity contribution in [3.05, 3.63) is 24.8 Å². The maximum Gasteiger partial charge on any atom is 0.0213 e. The van der Waals surface area contributed by atoms with Gasteiger partial charge in [-0.1, -0.05) is 37.9 Å². The average molecular weight is 175 g/mol. The van der Waals surface area contributed by atoms with Crippen LogP contribution in [0.4, 0.5) is 0 Å². The van der Waals surface area contributed by atoms with Crippen LogP contribution in [0.1, 0.15) is 6.92 Å². The Morgan fingerprint density at radius 3 is 1.67 bits per heavy atom. The normalized spacial score (nSPS) is 7.00. The summed E-state index contributed by atoms with van der Waals surface area (Å²) in [6, 6.07) is 0. The van der Waals surface area contributed by atoms with Crippen molar-refractivity contribution in [2.45, 2.75) is 20.0 Å². The van der Waals surface area contributed by atoms with Crippen molar-refractivity contribution in [1.82, 2.24) is 0 Å². The topological polar surface area (TPSA) is 0 Å². The minimum absolute atomic E-state index is 0. The zero-order chi connectivity index (χ0) is 6.83. The molecule has 0 N–H and O–H groups in total. The van der Waals surface area contributed by atoms with Gasteiger partial charge in [-0.15, -0.1) is 0 Å². The number of allylic oxidation sites excluding steroid dienone is 3. The van der Waals surface area contributed by atoms with Gasteiger partial charge in [-0.05, 0) is 6.92 Å². The second-order valence-corrected chi connectivity index (χ2v) is 2.49. The molecule has 0 bridgehead atoms. The molecule has 0 rings (SSSR count). The van der Waals surface area contributed by atoms with Crippen LogP contribution in [0.3, 0.4) is 0 Å². The molecule has 0 atom stereocenters. The third kappa shape index (κ3) is 59.5. The smallest absolute Gasteiger partial charge is 0.0213 e. The summed E-state index contributed by atoms with van der Waals surface area (Å²) in [6.07, 6.45) is 5.58. The van der Waals surface area contributed by atoms with Crippen molar-refractivity contribution >= 4 is 9.52 Å². The van der Waals surface area contributed by atoms with Gasteiger partial charge in [0.05, 0.1) is 0 Å². The second-order valence-electron chi connectivity index (χ2n) is 1.34. The Morgan fingerprint density at radius 2 is 1.67 bits per heavy atom. The summed E-state index contributed by atoms with van der Waals surface area (Å²) < 4.78 is 0. The number of hydrogen-bond acceptors (Lipinski definition) is 0. The molecule has 1 radical (unpaired) electrons. The van der Waals surface area contributed by atoms with Gasteiger partial charge in [-0.25, -0.2) is 0 Å². The van der Waals surface area contributed by atoms with Crippen molar-refractivity contribution in [2.75, 3.05) is 0 Å². The first-order chi connectivity index (χ1) is 3.83. The quantitative estimate of drug-likeness (QED) is 0.423. The molecule has 0 fully saturated rings. The Bertz CT molecular complexity index is 59.9. The van der Waals surface area contributed by atoms with Gasteiger partial charge in [0.1, 0.15) is 0 Å². The molecule has 2 heteroatoms. The first kappa shape index (κ1) is 16.2. The van der Waals surface area contributed by atoms with E-state index in [4.69, 9.17) is 0 Å². The van der Waals surface area contributed by atoms with Crippen LogP contribution in [0, 0.1) is 0 Å². The number of rotatable bonds is 1. The van der Waals surface area contributed by atoms with E-state index in [1.165, 1.54) is 0 Å². The van der Waals surface area contributed by atoms with E-state index >= 15 is 0 Å². The van der Waals surface area contributed by atoms with E-state index in [2.05, 4.69) is 19.7 Å². The van der Waals surface area contributed by atoms with Crippen LogP contribution in [-0.4, -0.2) is 9.52 Å². The average Bonchev–Trinajstić information content (AvgIpc) is 1.71. The molecule has 0 aromatic carbocycles. The minimum Gasteiger partial charge on any atom is -0.0991 e. The van der Waals surface area contributed by atoms with Crippen LogP contribution in [0.5, 0.6) is 0 Å². The first-order valence-corrected chi connectivity index (χ1v) is 5.12. The van der Waals surface area contributed by atoms with E-state index in [-0.39, 0.29) is 21.7 Å². The fourth-order valence-electron chi connectivity index (χ4n) is 0.136. The Balaban J connectivity index is -0.0000000800. The van der Waals surface area contributed by atoms with Gasteiger partial charge in [0.2, 0.25) is 0 Å². The van der Waals surface area contributed by atoms with Crippen LogP contribution in [0.15, 0.2) is 24.8 Å². The van der Waals surface area contributed by atoms with Crippen LogP contribution < -0.4 is 0 Å². The van der Waals surface area contributed by atoms with E-state index in [9.17, 15) is 0 Å². The maximum absolute atomic E-state index is 3.46. The Labute approximate surface area is 76.1 Å². The molecule has 0 amide bonds. The van der Waals surface area contributed by atoms with Crippen molar-refractivity contribution in [2.24, 2.45) is 0 Å². The largest absolute Gasteiger partial charge is 0.0991 e. The molecule has 0 aromatic rings. The van der Waals surface area contributed by atoms with Crippen molar-refractivity contribution < 1.29 is 21.7 Å². The Kier molecular flexibility index (Phi) is 42.7. The number of hydrogen-bond donors (Lipinski definition) is 0. The summed E-state index contributed by atoms with van der Waals surface area (Å²) in [5, 5.41) is 0. The van der Waals surface area contributed by atoms with E-state index in [0.717, 1.165) is 9.52 Å². The molecule has 0 heterocycles. The molecule has 51 valence electrons. The molecular formula is C7H15SiTi. The molecule has 0 aliphatic rings. The predicted octanol–water partition coefficient (Wildman–Crippen LogP) is 2.27. The van der Waals surface area contributed by atoms with Gasteiger partial charge in [-0.3, -0.25) is 0 Å². The van der Waals surface area contributed by atoms with Crippen molar-refractivity contribution in [3.8, 4) is 0 Å². The fourth-order valence-corrected chi connectivity index (χ4v) is 0.136. The van der Waals surface area contributed by atoms with Crippen LogP contribution >= 0.6 is 0 Å². The van der Waals surface area contributed by atoms with Gasteiger partial charge in [0, 0.05) is 31.2 Å². The summed E-state index contributed by atoms with van der Waals surface area (Å²) in [5.74, 6) is 0. The molecule has 0 aliphatic heterocycles. The molecule has 0 saturated heterocycles. The molecule has 0 saturated carbocycles. The fraction of sp³-hybridized carbons (Fsp3) is 0.429. The molecular weight excluding hydrogens is 160 g/mol. The van der Waals surface area contributed by atoms with Gasteiger partial charge in [0.25, 0.3) is 0 Å². The third-order valence-corrected chi connectivity index (χ3v) is 0.329. The molecule has 0 aromatic heterocycles. The molecule has 9 heavy (non-hydrogen) atoms. The van der Waals surface area contributed by atoms with E-state index in [0.29, 0.717) is 0 Å². The molecule has 0 unspecified atom stereocenters. The molecule has 0 nitrogen and oxygen atoms in total. The van der Waals surface area contributed by atoms with Gasteiger partial charge < -0.3 is 0 Å². The summed E-state index contributed by atoms with van der Waals surface area (Å²) in [7, 11) is 0.750. The standard InChI is InChI=1S/C5H8.C2H7Si.Ti/c1-3-5-4-2;1-3-2;/h3-5H,1H2,2H3;3H,1-2H3;. The van der Waals surface area contributed by atoms with Crippen molar-refractivity contribution in [1.29, 1.82) is 0 Å². The summed E-state index contributed by atoms with van der Waals surface area (Å²) >= 11 is 0. The SMILES string of the molecule is C=CC=CC.C[SiH]C.[Ti]. The molecule has 0 aliphatic carbocycles. The van der Waals surface area contributed by atoms with Gasteiger partial charge in [-0.2, -0.15) is 0 Å². The van der Waals surface area contributed by atoms with Crippen LogP contribution in [0.25, 0.3) is 0 Å². The molecule has 0 spiro atoms. The Hall–Kier alpha value is 0.411. The Morgan fingerprint density at radius 1 is 1.33 bits per heavy atom. The summed E-state index contributed by atoms with van der Waals surface area (Å²) in [6.45, 7) is 9.84. The van der Waals surface area contributed by atoms with Crippen LogP contribution in [-0.2, 0) is 21.7 Å². The minimum atomic E-state index is 0. The monoisotopic (exact) mass is 175 g/mol. The zero-order valence-corrected chi connectivity index (χ0v) is 9.23. The second kappa shape index (κ2) is 23.7. The van der Waals surface area contributed by atoms with E-state index < -0.39 is 0 Å². The van der Waals surface area contributed by atoms with Gasteiger partial charge >= 0.3 is 0 Å². The van der Waals surface area contributed by atoms with E-state index in [1.54, 1.807) is 6.08 Å². The maximum atomic E-state index is 3.46. The van der Waals surface area contributed by atoms with Crippen molar-refractivity contribution in [3.63, 3.8) is 0 Å². The zero-order valence-electron chi connectivity index (χ0n) is 6.52. The first-order valence-electron chi connectivity index (χ1n) is 2.81. The van der Waals surface area contributed by atoms with Gasteiger partial charge in [0.15, 0.2) is 0 Å².